The summed E-state index contributed by atoms with van der Waals surface area (Å²) in [5, 5.41) is 14.7. The SMILES string of the molecule is O=C(Nc1ccccc1C1=NCCO1)c1c(O)ccc2ccccc12. The van der Waals surface area contributed by atoms with Gasteiger partial charge in [-0.25, -0.2) is 4.99 Å². The van der Waals surface area contributed by atoms with Crippen molar-refractivity contribution in [3.05, 3.63) is 71.8 Å². The topological polar surface area (TPSA) is 70.9 Å². The minimum Gasteiger partial charge on any atom is -0.507 e. The molecule has 1 heterocycles. The van der Waals surface area contributed by atoms with Gasteiger partial charge in [0.1, 0.15) is 12.4 Å². The van der Waals surface area contributed by atoms with Crippen LogP contribution in [0.5, 0.6) is 5.75 Å². The molecule has 25 heavy (non-hydrogen) atoms. The highest BCUT2D eigenvalue weighted by molar-refractivity contribution is 6.16. The number of nitrogens with one attached hydrogen (secondary N) is 1. The van der Waals surface area contributed by atoms with Gasteiger partial charge in [0.2, 0.25) is 5.90 Å². The summed E-state index contributed by atoms with van der Waals surface area (Å²) in [6.45, 7) is 1.16. The van der Waals surface area contributed by atoms with E-state index in [1.807, 2.05) is 42.5 Å². The van der Waals surface area contributed by atoms with Crippen LogP contribution in [-0.2, 0) is 4.74 Å². The number of aromatic hydroxyl groups is 1. The second kappa shape index (κ2) is 6.28. The fraction of sp³-hybridized carbons (Fsp3) is 0.100. The normalized spacial score (nSPS) is 13.4. The summed E-state index contributed by atoms with van der Waals surface area (Å²) in [6.07, 6.45) is 0. The van der Waals surface area contributed by atoms with E-state index < -0.39 is 0 Å². The Hall–Kier alpha value is -3.34. The fourth-order valence-corrected chi connectivity index (χ4v) is 2.96. The number of anilines is 1. The van der Waals surface area contributed by atoms with Crippen LogP contribution < -0.4 is 5.32 Å². The van der Waals surface area contributed by atoms with Crippen LogP contribution in [0.1, 0.15) is 15.9 Å². The molecular weight excluding hydrogens is 316 g/mol. The summed E-state index contributed by atoms with van der Waals surface area (Å²) in [4.78, 5) is 17.2. The molecule has 3 aromatic rings. The van der Waals surface area contributed by atoms with E-state index in [1.165, 1.54) is 6.07 Å². The smallest absolute Gasteiger partial charge is 0.260 e. The summed E-state index contributed by atoms with van der Waals surface area (Å²) >= 11 is 0. The molecule has 0 atom stereocenters. The first-order valence-electron chi connectivity index (χ1n) is 8.03. The third-order valence-corrected chi connectivity index (χ3v) is 4.13. The molecule has 3 aromatic carbocycles. The number of para-hydroxylation sites is 1. The lowest BCUT2D eigenvalue weighted by Crippen LogP contribution is -2.16. The van der Waals surface area contributed by atoms with Crippen molar-refractivity contribution in [1.29, 1.82) is 0 Å². The van der Waals surface area contributed by atoms with Gasteiger partial charge in [-0.1, -0.05) is 42.5 Å². The maximum atomic E-state index is 12.9. The Labute approximate surface area is 144 Å². The molecular formula is C20H16N2O3. The van der Waals surface area contributed by atoms with Gasteiger partial charge in [-0.05, 0) is 29.0 Å². The maximum Gasteiger partial charge on any atom is 0.260 e. The van der Waals surface area contributed by atoms with Crippen molar-refractivity contribution in [3.63, 3.8) is 0 Å². The Bertz CT molecular complexity index is 995. The van der Waals surface area contributed by atoms with E-state index in [2.05, 4.69) is 10.3 Å². The number of hydrogen-bond acceptors (Lipinski definition) is 4. The van der Waals surface area contributed by atoms with Crippen LogP contribution in [0.25, 0.3) is 10.8 Å². The molecule has 2 N–H and O–H groups in total. The Morgan fingerprint density at radius 3 is 2.68 bits per heavy atom. The predicted octanol–water partition coefficient (Wildman–Crippen LogP) is 3.57. The molecule has 1 aliphatic heterocycles. The van der Waals surface area contributed by atoms with Crippen molar-refractivity contribution in [2.24, 2.45) is 4.99 Å². The monoisotopic (exact) mass is 332 g/mol. The van der Waals surface area contributed by atoms with Gasteiger partial charge in [0.15, 0.2) is 0 Å². The Kier molecular flexibility index (Phi) is 3.82. The quantitative estimate of drug-likeness (QED) is 0.770. The molecule has 0 radical (unpaired) electrons. The average molecular weight is 332 g/mol. The highest BCUT2D eigenvalue weighted by atomic mass is 16.5. The van der Waals surface area contributed by atoms with Crippen molar-refractivity contribution in [2.45, 2.75) is 0 Å². The fourth-order valence-electron chi connectivity index (χ4n) is 2.96. The van der Waals surface area contributed by atoms with E-state index in [0.29, 0.717) is 30.1 Å². The minimum atomic E-state index is -0.375. The van der Waals surface area contributed by atoms with E-state index in [-0.39, 0.29) is 17.2 Å². The Balaban J connectivity index is 1.74. The van der Waals surface area contributed by atoms with E-state index in [0.717, 1.165) is 10.9 Å². The number of phenolic OH excluding ortho intramolecular Hbond substituents is 1. The highest BCUT2D eigenvalue weighted by Gasteiger charge is 2.19. The molecule has 5 heteroatoms. The average Bonchev–Trinajstić information content (AvgIpc) is 3.16. The van der Waals surface area contributed by atoms with Gasteiger partial charge in [-0.15, -0.1) is 0 Å². The summed E-state index contributed by atoms with van der Waals surface area (Å²) in [5.41, 5.74) is 1.58. The molecule has 0 saturated carbocycles. The Morgan fingerprint density at radius 1 is 1.04 bits per heavy atom. The number of aliphatic imine (C=N–C) groups is 1. The number of carbonyl (C=O) groups is 1. The van der Waals surface area contributed by atoms with Crippen LogP contribution in [0.2, 0.25) is 0 Å². The Morgan fingerprint density at radius 2 is 1.84 bits per heavy atom. The van der Waals surface area contributed by atoms with Crippen LogP contribution in [-0.4, -0.2) is 30.1 Å². The molecule has 0 fully saturated rings. The highest BCUT2D eigenvalue weighted by Crippen LogP contribution is 2.28. The number of phenols is 1. The summed E-state index contributed by atoms with van der Waals surface area (Å²) in [7, 11) is 0. The van der Waals surface area contributed by atoms with Crippen LogP contribution >= 0.6 is 0 Å². The molecule has 4 rings (SSSR count). The molecule has 0 aromatic heterocycles. The first-order chi connectivity index (χ1) is 12.2. The molecule has 0 aliphatic carbocycles. The standard InChI is InChI=1S/C20H16N2O3/c23-17-10-9-13-5-1-2-6-14(13)18(17)19(24)22-16-8-4-3-7-15(16)20-21-11-12-25-20/h1-10,23H,11-12H2,(H,22,24). The summed E-state index contributed by atoms with van der Waals surface area (Å²) in [6, 6.07) is 18.1. The zero-order valence-corrected chi connectivity index (χ0v) is 13.4. The van der Waals surface area contributed by atoms with Crippen molar-refractivity contribution < 1.29 is 14.6 Å². The van der Waals surface area contributed by atoms with Crippen molar-refractivity contribution in [1.82, 2.24) is 0 Å². The van der Waals surface area contributed by atoms with Crippen molar-refractivity contribution >= 4 is 28.3 Å². The largest absolute Gasteiger partial charge is 0.507 e. The number of amides is 1. The lowest BCUT2D eigenvalue weighted by molar-refractivity contribution is 0.102. The molecule has 0 saturated heterocycles. The number of carbonyl (C=O) groups excluding carboxylic acids is 1. The summed E-state index contributed by atoms with van der Waals surface area (Å²) in [5.74, 6) is 0.0986. The molecule has 1 amide bonds. The summed E-state index contributed by atoms with van der Waals surface area (Å²) < 4.78 is 5.51. The molecule has 0 unspecified atom stereocenters. The number of rotatable bonds is 3. The second-order valence-corrected chi connectivity index (χ2v) is 5.72. The lowest BCUT2D eigenvalue weighted by Gasteiger charge is -2.13. The van der Waals surface area contributed by atoms with Gasteiger partial charge in [-0.2, -0.15) is 0 Å². The predicted molar refractivity (Wildman–Crippen MR) is 97.4 cm³/mol. The number of ether oxygens (including phenoxy) is 1. The van der Waals surface area contributed by atoms with E-state index in [1.54, 1.807) is 12.1 Å². The number of benzene rings is 3. The van der Waals surface area contributed by atoms with Crippen molar-refractivity contribution in [3.8, 4) is 5.75 Å². The van der Waals surface area contributed by atoms with Gasteiger partial charge in [-0.3, -0.25) is 4.79 Å². The van der Waals surface area contributed by atoms with E-state index in [9.17, 15) is 9.90 Å². The number of hydrogen-bond donors (Lipinski definition) is 2. The van der Waals surface area contributed by atoms with E-state index in [4.69, 9.17) is 4.74 Å². The first kappa shape index (κ1) is 15.2. The third-order valence-electron chi connectivity index (χ3n) is 4.13. The lowest BCUT2D eigenvalue weighted by atomic mass is 10.0. The molecule has 1 aliphatic rings. The minimum absolute atomic E-state index is 0.0526. The zero-order valence-electron chi connectivity index (χ0n) is 13.4. The number of nitrogens with zero attached hydrogens (tertiary/aromatic N) is 1. The van der Waals surface area contributed by atoms with E-state index >= 15 is 0 Å². The van der Waals surface area contributed by atoms with Gasteiger partial charge < -0.3 is 15.2 Å². The third kappa shape index (κ3) is 2.80. The van der Waals surface area contributed by atoms with Gasteiger partial charge in [0.05, 0.1) is 23.4 Å². The zero-order chi connectivity index (χ0) is 17.2. The molecule has 5 nitrogen and oxygen atoms in total. The molecule has 0 spiro atoms. The van der Waals surface area contributed by atoms with Crippen LogP contribution in [0.15, 0.2) is 65.7 Å². The number of fused-ring (bicyclic) bond motifs is 1. The molecule has 124 valence electrons. The molecule has 0 bridgehead atoms. The van der Waals surface area contributed by atoms with Crippen LogP contribution in [0.3, 0.4) is 0 Å². The van der Waals surface area contributed by atoms with Crippen LogP contribution in [0, 0.1) is 0 Å². The van der Waals surface area contributed by atoms with Gasteiger partial charge in [0, 0.05) is 0 Å². The van der Waals surface area contributed by atoms with Crippen LogP contribution in [0.4, 0.5) is 5.69 Å². The van der Waals surface area contributed by atoms with Gasteiger partial charge in [0.25, 0.3) is 5.91 Å². The maximum absolute atomic E-state index is 12.9. The second-order valence-electron chi connectivity index (χ2n) is 5.72. The van der Waals surface area contributed by atoms with Gasteiger partial charge >= 0.3 is 0 Å². The first-order valence-corrected chi connectivity index (χ1v) is 8.03. The van der Waals surface area contributed by atoms with Crippen molar-refractivity contribution in [2.75, 3.05) is 18.5 Å².